The number of anilines is 1. The first kappa shape index (κ1) is 18.1. The van der Waals surface area contributed by atoms with Crippen molar-refractivity contribution in [3.63, 3.8) is 0 Å². The standard InChI is InChI=1S/C17H19N5O3S/c1-21-16(7-8-19-21)22-9-3-6-15(17(22)23)20-26(24,25)12-14-5-2-4-13(10-14)11-18/h2,4-5,7-8,10,15,20H,3,6,9,12H2,1H3/t15-/m0/s1. The summed E-state index contributed by atoms with van der Waals surface area (Å²) in [6, 6.07) is 9.33. The molecule has 1 saturated heterocycles. The minimum Gasteiger partial charge on any atom is -0.296 e. The van der Waals surface area contributed by atoms with Crippen molar-refractivity contribution < 1.29 is 13.2 Å². The van der Waals surface area contributed by atoms with E-state index in [0.717, 1.165) is 0 Å². The van der Waals surface area contributed by atoms with Crippen molar-refractivity contribution >= 4 is 21.7 Å². The summed E-state index contributed by atoms with van der Waals surface area (Å²) >= 11 is 0. The number of sulfonamides is 1. The maximum atomic E-state index is 12.7. The van der Waals surface area contributed by atoms with Gasteiger partial charge in [0.2, 0.25) is 15.9 Å². The van der Waals surface area contributed by atoms with Crippen LogP contribution in [0.5, 0.6) is 0 Å². The summed E-state index contributed by atoms with van der Waals surface area (Å²) in [5, 5.41) is 13.0. The molecule has 9 heteroatoms. The zero-order chi connectivity index (χ0) is 18.7. The highest BCUT2D eigenvalue weighted by Crippen LogP contribution is 2.21. The Labute approximate surface area is 152 Å². The van der Waals surface area contributed by atoms with Crippen LogP contribution in [0.1, 0.15) is 24.0 Å². The second-order valence-electron chi connectivity index (χ2n) is 6.19. The second-order valence-corrected chi connectivity index (χ2v) is 7.94. The average molecular weight is 373 g/mol. The van der Waals surface area contributed by atoms with Gasteiger partial charge in [-0.3, -0.25) is 14.4 Å². The molecular formula is C17H19N5O3S. The van der Waals surface area contributed by atoms with Crippen molar-refractivity contribution in [3.8, 4) is 6.07 Å². The lowest BCUT2D eigenvalue weighted by Crippen LogP contribution is -2.53. The zero-order valence-electron chi connectivity index (χ0n) is 14.3. The molecule has 0 spiro atoms. The number of aromatic nitrogens is 2. The van der Waals surface area contributed by atoms with E-state index in [0.29, 0.717) is 36.3 Å². The summed E-state index contributed by atoms with van der Waals surface area (Å²) in [6.45, 7) is 0.529. The van der Waals surface area contributed by atoms with Gasteiger partial charge in [0.25, 0.3) is 0 Å². The normalized spacial score (nSPS) is 17.9. The summed E-state index contributed by atoms with van der Waals surface area (Å²) in [4.78, 5) is 14.3. The van der Waals surface area contributed by atoms with E-state index < -0.39 is 16.1 Å². The number of carbonyl (C=O) groups is 1. The Hall–Kier alpha value is -2.70. The summed E-state index contributed by atoms with van der Waals surface area (Å²) in [7, 11) is -1.99. The molecular weight excluding hydrogens is 354 g/mol. The van der Waals surface area contributed by atoms with Crippen LogP contribution in [0.15, 0.2) is 36.5 Å². The number of hydrogen-bond acceptors (Lipinski definition) is 5. The Bertz CT molecular complexity index is 961. The molecule has 1 amide bonds. The summed E-state index contributed by atoms with van der Waals surface area (Å²) in [6.07, 6.45) is 2.73. The van der Waals surface area contributed by atoms with E-state index >= 15 is 0 Å². The Morgan fingerprint density at radius 3 is 2.88 bits per heavy atom. The summed E-state index contributed by atoms with van der Waals surface area (Å²) < 4.78 is 29.1. The zero-order valence-corrected chi connectivity index (χ0v) is 15.1. The molecule has 1 atom stereocenters. The summed E-state index contributed by atoms with van der Waals surface area (Å²) in [5.74, 6) is 0.0766. The Balaban J connectivity index is 1.73. The second kappa shape index (κ2) is 7.27. The number of carbonyl (C=O) groups excluding carboxylic acids is 1. The smallest absolute Gasteiger partial charge is 0.246 e. The van der Waals surface area contributed by atoms with Gasteiger partial charge in [-0.05, 0) is 30.5 Å². The molecule has 0 bridgehead atoms. The van der Waals surface area contributed by atoms with E-state index in [1.165, 1.54) is 6.07 Å². The van der Waals surface area contributed by atoms with Crippen LogP contribution in [0.3, 0.4) is 0 Å². The molecule has 0 aliphatic carbocycles. The number of hydrogen-bond donors (Lipinski definition) is 1. The van der Waals surface area contributed by atoms with Gasteiger partial charge < -0.3 is 0 Å². The van der Waals surface area contributed by atoms with E-state index in [2.05, 4.69) is 9.82 Å². The number of nitrogens with zero attached hydrogens (tertiary/aromatic N) is 4. The van der Waals surface area contributed by atoms with Gasteiger partial charge in [-0.25, -0.2) is 13.1 Å². The minimum atomic E-state index is -3.72. The van der Waals surface area contributed by atoms with Crippen molar-refractivity contribution in [1.29, 1.82) is 5.26 Å². The van der Waals surface area contributed by atoms with Gasteiger partial charge in [-0.15, -0.1) is 0 Å². The largest absolute Gasteiger partial charge is 0.296 e. The average Bonchev–Trinajstić information content (AvgIpc) is 3.02. The molecule has 136 valence electrons. The SMILES string of the molecule is Cn1nccc1N1CCC[C@H](NS(=O)(=O)Cc2cccc(C#N)c2)C1=O. The number of amides is 1. The van der Waals surface area contributed by atoms with Gasteiger partial charge in [0.15, 0.2) is 0 Å². The Morgan fingerprint density at radius 1 is 1.38 bits per heavy atom. The maximum Gasteiger partial charge on any atom is 0.246 e. The molecule has 2 aromatic rings. The fourth-order valence-electron chi connectivity index (χ4n) is 3.05. The highest BCUT2D eigenvalue weighted by molar-refractivity contribution is 7.88. The van der Waals surface area contributed by atoms with Crippen LogP contribution in [-0.2, 0) is 27.6 Å². The van der Waals surface area contributed by atoms with Crippen molar-refractivity contribution in [3.05, 3.63) is 47.7 Å². The first-order valence-electron chi connectivity index (χ1n) is 8.18. The molecule has 1 fully saturated rings. The van der Waals surface area contributed by atoms with Gasteiger partial charge in [-0.2, -0.15) is 10.4 Å². The molecule has 0 saturated carbocycles. The molecule has 1 aliphatic heterocycles. The maximum absolute atomic E-state index is 12.7. The number of rotatable bonds is 5. The monoisotopic (exact) mass is 373 g/mol. The van der Waals surface area contributed by atoms with Gasteiger partial charge in [0, 0.05) is 19.7 Å². The van der Waals surface area contributed by atoms with Crippen molar-refractivity contribution in [1.82, 2.24) is 14.5 Å². The Morgan fingerprint density at radius 2 is 2.19 bits per heavy atom. The predicted octanol–water partition coefficient (Wildman–Crippen LogP) is 0.907. The molecule has 1 aromatic heterocycles. The van der Waals surface area contributed by atoms with E-state index in [9.17, 15) is 13.2 Å². The van der Waals surface area contributed by atoms with E-state index in [4.69, 9.17) is 5.26 Å². The third kappa shape index (κ3) is 3.92. The summed E-state index contributed by atoms with van der Waals surface area (Å²) in [5.41, 5.74) is 0.900. The number of benzene rings is 1. The molecule has 1 aromatic carbocycles. The van der Waals surface area contributed by atoms with Crippen LogP contribution in [0, 0.1) is 11.3 Å². The lowest BCUT2D eigenvalue weighted by Gasteiger charge is -2.32. The molecule has 0 radical (unpaired) electrons. The third-order valence-electron chi connectivity index (χ3n) is 4.24. The number of nitriles is 1. The van der Waals surface area contributed by atoms with Crippen LogP contribution >= 0.6 is 0 Å². The fraction of sp³-hybridized carbons (Fsp3) is 0.353. The minimum absolute atomic E-state index is 0.280. The number of nitrogens with one attached hydrogen (secondary N) is 1. The van der Waals surface area contributed by atoms with Crippen LogP contribution in [0.25, 0.3) is 0 Å². The lowest BCUT2D eigenvalue weighted by atomic mass is 10.1. The molecule has 2 heterocycles. The molecule has 0 unspecified atom stereocenters. The van der Waals surface area contributed by atoms with E-state index in [1.54, 1.807) is 47.1 Å². The molecule has 3 rings (SSSR count). The molecule has 8 nitrogen and oxygen atoms in total. The quantitative estimate of drug-likeness (QED) is 0.838. The van der Waals surface area contributed by atoms with Crippen LogP contribution in [-0.4, -0.2) is 36.7 Å². The van der Waals surface area contributed by atoms with Gasteiger partial charge in [0.1, 0.15) is 11.9 Å². The van der Waals surface area contributed by atoms with Crippen molar-refractivity contribution in [2.45, 2.75) is 24.6 Å². The lowest BCUT2D eigenvalue weighted by molar-refractivity contribution is -0.121. The number of piperidine rings is 1. The van der Waals surface area contributed by atoms with Crippen molar-refractivity contribution in [2.24, 2.45) is 7.05 Å². The molecule has 1 N–H and O–H groups in total. The van der Waals surface area contributed by atoms with Gasteiger partial charge in [0.05, 0.1) is 23.6 Å². The molecule has 26 heavy (non-hydrogen) atoms. The topological polar surface area (TPSA) is 108 Å². The number of aryl methyl sites for hydroxylation is 1. The first-order chi connectivity index (χ1) is 12.4. The van der Waals surface area contributed by atoms with E-state index in [-0.39, 0.29) is 11.7 Å². The predicted molar refractivity (Wildman–Crippen MR) is 95.5 cm³/mol. The first-order valence-corrected chi connectivity index (χ1v) is 9.83. The van der Waals surface area contributed by atoms with Gasteiger partial charge in [-0.1, -0.05) is 12.1 Å². The van der Waals surface area contributed by atoms with E-state index in [1.807, 2.05) is 6.07 Å². The van der Waals surface area contributed by atoms with Crippen LogP contribution < -0.4 is 9.62 Å². The third-order valence-corrected chi connectivity index (χ3v) is 5.60. The molecule has 1 aliphatic rings. The highest BCUT2D eigenvalue weighted by Gasteiger charge is 2.33. The fourth-order valence-corrected chi connectivity index (χ4v) is 4.41. The van der Waals surface area contributed by atoms with Crippen LogP contribution in [0.4, 0.5) is 5.82 Å². The van der Waals surface area contributed by atoms with Gasteiger partial charge >= 0.3 is 0 Å². The van der Waals surface area contributed by atoms with Crippen molar-refractivity contribution in [2.75, 3.05) is 11.4 Å². The van der Waals surface area contributed by atoms with Crippen LogP contribution in [0.2, 0.25) is 0 Å². The highest BCUT2D eigenvalue weighted by atomic mass is 32.2. The Kier molecular flexibility index (Phi) is 5.06.